The van der Waals surface area contributed by atoms with E-state index in [9.17, 15) is 0 Å². The third kappa shape index (κ3) is 4.59. The second-order valence-electron chi connectivity index (χ2n) is 7.64. The highest BCUT2D eigenvalue weighted by Crippen LogP contribution is 2.40. The van der Waals surface area contributed by atoms with E-state index in [0.29, 0.717) is 30.0 Å². The molecule has 32 heavy (non-hydrogen) atoms. The Morgan fingerprint density at radius 2 is 2.00 bits per heavy atom. The highest BCUT2D eigenvalue weighted by Gasteiger charge is 2.30. The molecule has 1 saturated carbocycles. The fourth-order valence-electron chi connectivity index (χ4n) is 3.52. The number of aromatic nitrogens is 6. The van der Waals surface area contributed by atoms with Gasteiger partial charge in [0.15, 0.2) is 5.16 Å². The standard InChI is InChI=1S/C22H24N8OS/c1-2-14-6-3-4-8-17(14)24-21-26-18(25-20(23)27-21)13-32-22-29-28-19(15-9-10-15)30(22)12-16-7-5-11-31-16/h3-8,11,15H,2,9-10,12-13H2,1H3,(H3,23,24,25,26,27). The van der Waals surface area contributed by atoms with E-state index < -0.39 is 0 Å². The summed E-state index contributed by atoms with van der Waals surface area (Å²) in [5.41, 5.74) is 8.11. The predicted molar refractivity (Wildman–Crippen MR) is 123 cm³/mol. The zero-order chi connectivity index (χ0) is 21.9. The minimum absolute atomic E-state index is 0.183. The summed E-state index contributed by atoms with van der Waals surface area (Å²) in [6.07, 6.45) is 4.89. The molecule has 0 spiro atoms. The molecule has 3 heterocycles. The van der Waals surface area contributed by atoms with Crippen LogP contribution in [0.1, 0.15) is 48.7 Å². The second kappa shape index (κ2) is 8.99. The molecular formula is C22H24N8OS. The molecule has 0 atom stereocenters. The summed E-state index contributed by atoms with van der Waals surface area (Å²) in [6.45, 7) is 2.72. The number of aryl methyl sites for hydroxylation is 1. The maximum atomic E-state index is 5.97. The van der Waals surface area contributed by atoms with Crippen LogP contribution in [0, 0.1) is 0 Å². The Labute approximate surface area is 189 Å². The van der Waals surface area contributed by atoms with Gasteiger partial charge in [0.1, 0.15) is 17.4 Å². The van der Waals surface area contributed by atoms with Crippen molar-refractivity contribution in [3.05, 3.63) is 65.6 Å². The molecule has 1 aromatic carbocycles. The predicted octanol–water partition coefficient (Wildman–Crippen LogP) is 4.16. The monoisotopic (exact) mass is 448 g/mol. The Hall–Kier alpha value is -3.40. The Kier molecular flexibility index (Phi) is 5.76. The fraction of sp³-hybridized carbons (Fsp3) is 0.318. The Morgan fingerprint density at radius 3 is 2.78 bits per heavy atom. The first-order valence-electron chi connectivity index (χ1n) is 10.6. The van der Waals surface area contributed by atoms with Crippen molar-refractivity contribution in [2.75, 3.05) is 11.1 Å². The molecule has 10 heteroatoms. The van der Waals surface area contributed by atoms with Crippen LogP contribution in [0.15, 0.2) is 52.2 Å². The lowest BCUT2D eigenvalue weighted by molar-refractivity contribution is 0.478. The minimum atomic E-state index is 0.183. The number of nitrogens with two attached hydrogens (primary N) is 1. The molecule has 9 nitrogen and oxygen atoms in total. The first-order valence-corrected chi connectivity index (χ1v) is 11.6. The van der Waals surface area contributed by atoms with Gasteiger partial charge in [-0.25, -0.2) is 0 Å². The van der Waals surface area contributed by atoms with E-state index in [-0.39, 0.29) is 5.95 Å². The summed E-state index contributed by atoms with van der Waals surface area (Å²) >= 11 is 1.53. The SMILES string of the molecule is CCc1ccccc1Nc1nc(N)nc(CSc2nnc(C3CC3)n2Cc2ccco2)n1. The van der Waals surface area contributed by atoms with Gasteiger partial charge in [0.2, 0.25) is 11.9 Å². The van der Waals surface area contributed by atoms with Crippen LogP contribution in [0.2, 0.25) is 0 Å². The molecule has 0 unspecified atom stereocenters. The van der Waals surface area contributed by atoms with Crippen molar-refractivity contribution in [3.8, 4) is 0 Å². The molecule has 0 aliphatic heterocycles. The fourth-order valence-corrected chi connectivity index (χ4v) is 4.32. The van der Waals surface area contributed by atoms with Crippen molar-refractivity contribution in [2.24, 2.45) is 0 Å². The number of nitrogens with zero attached hydrogens (tertiary/aromatic N) is 6. The van der Waals surface area contributed by atoms with E-state index in [1.165, 1.54) is 17.3 Å². The second-order valence-corrected chi connectivity index (χ2v) is 8.58. The Morgan fingerprint density at radius 1 is 1.12 bits per heavy atom. The molecule has 0 bridgehead atoms. The normalized spacial score (nSPS) is 13.4. The van der Waals surface area contributed by atoms with Crippen molar-refractivity contribution in [1.29, 1.82) is 0 Å². The van der Waals surface area contributed by atoms with Gasteiger partial charge in [0.05, 0.1) is 18.6 Å². The van der Waals surface area contributed by atoms with Crippen LogP contribution in [0.5, 0.6) is 0 Å². The number of nitrogen functional groups attached to an aromatic ring is 1. The number of nitrogens with one attached hydrogen (secondary N) is 1. The van der Waals surface area contributed by atoms with Gasteiger partial charge < -0.3 is 15.5 Å². The van der Waals surface area contributed by atoms with Gasteiger partial charge in [-0.1, -0.05) is 36.9 Å². The minimum Gasteiger partial charge on any atom is -0.467 e. The number of thioether (sulfide) groups is 1. The van der Waals surface area contributed by atoms with Crippen molar-refractivity contribution < 1.29 is 4.42 Å². The average Bonchev–Trinajstić information content (AvgIpc) is 3.35. The molecule has 1 aliphatic rings. The van der Waals surface area contributed by atoms with Crippen LogP contribution in [0.3, 0.4) is 0 Å². The largest absolute Gasteiger partial charge is 0.467 e. The van der Waals surface area contributed by atoms with Gasteiger partial charge in [-0.15, -0.1) is 10.2 Å². The zero-order valence-corrected chi connectivity index (χ0v) is 18.5. The quantitative estimate of drug-likeness (QED) is 0.363. The summed E-state index contributed by atoms with van der Waals surface area (Å²) < 4.78 is 7.67. The van der Waals surface area contributed by atoms with Gasteiger partial charge in [-0.2, -0.15) is 15.0 Å². The van der Waals surface area contributed by atoms with Crippen molar-refractivity contribution in [1.82, 2.24) is 29.7 Å². The van der Waals surface area contributed by atoms with Gasteiger partial charge in [-0.05, 0) is 43.0 Å². The van der Waals surface area contributed by atoms with E-state index in [4.69, 9.17) is 10.2 Å². The molecule has 5 rings (SSSR count). The van der Waals surface area contributed by atoms with Gasteiger partial charge in [-0.3, -0.25) is 4.57 Å². The number of anilines is 3. The molecule has 164 valence electrons. The number of furan rings is 1. The van der Waals surface area contributed by atoms with Gasteiger partial charge in [0.25, 0.3) is 0 Å². The Bertz CT molecular complexity index is 1200. The maximum absolute atomic E-state index is 5.97. The van der Waals surface area contributed by atoms with Gasteiger partial charge >= 0.3 is 0 Å². The van der Waals surface area contributed by atoms with Crippen LogP contribution < -0.4 is 11.1 Å². The number of para-hydroxylation sites is 1. The summed E-state index contributed by atoms with van der Waals surface area (Å²) in [4.78, 5) is 13.1. The number of hydrogen-bond acceptors (Lipinski definition) is 9. The lowest BCUT2D eigenvalue weighted by Gasteiger charge is -2.11. The smallest absolute Gasteiger partial charge is 0.232 e. The molecule has 0 saturated heterocycles. The molecule has 4 aromatic rings. The van der Waals surface area contributed by atoms with E-state index in [1.54, 1.807) is 6.26 Å². The van der Waals surface area contributed by atoms with E-state index in [1.807, 2.05) is 30.3 Å². The molecule has 0 radical (unpaired) electrons. The van der Waals surface area contributed by atoms with Gasteiger partial charge in [0, 0.05) is 11.6 Å². The third-order valence-corrected chi connectivity index (χ3v) is 6.22. The first kappa shape index (κ1) is 20.5. The first-order chi connectivity index (χ1) is 15.7. The number of benzene rings is 1. The molecule has 3 N–H and O–H groups in total. The summed E-state index contributed by atoms with van der Waals surface area (Å²) in [5, 5.41) is 13.0. The third-order valence-electron chi connectivity index (χ3n) is 5.26. The number of rotatable bonds is 9. The van der Waals surface area contributed by atoms with Crippen LogP contribution in [0.4, 0.5) is 17.6 Å². The van der Waals surface area contributed by atoms with Crippen molar-refractivity contribution >= 4 is 29.3 Å². The summed E-state index contributed by atoms with van der Waals surface area (Å²) in [7, 11) is 0. The molecule has 0 amide bonds. The highest BCUT2D eigenvalue weighted by atomic mass is 32.2. The average molecular weight is 449 g/mol. The van der Waals surface area contributed by atoms with E-state index in [0.717, 1.165) is 41.7 Å². The lowest BCUT2D eigenvalue weighted by Crippen LogP contribution is -2.08. The van der Waals surface area contributed by atoms with E-state index >= 15 is 0 Å². The van der Waals surface area contributed by atoms with Crippen LogP contribution in [0.25, 0.3) is 0 Å². The van der Waals surface area contributed by atoms with Crippen LogP contribution in [-0.4, -0.2) is 29.7 Å². The molecule has 3 aromatic heterocycles. The Balaban J connectivity index is 1.34. The number of hydrogen-bond donors (Lipinski definition) is 2. The molecule has 1 aliphatic carbocycles. The molecule has 1 fully saturated rings. The maximum Gasteiger partial charge on any atom is 0.232 e. The lowest BCUT2D eigenvalue weighted by atomic mass is 10.1. The zero-order valence-electron chi connectivity index (χ0n) is 17.7. The van der Waals surface area contributed by atoms with Crippen LogP contribution >= 0.6 is 11.8 Å². The topological polar surface area (TPSA) is 121 Å². The van der Waals surface area contributed by atoms with E-state index in [2.05, 4.69) is 48.0 Å². The van der Waals surface area contributed by atoms with Crippen LogP contribution in [-0.2, 0) is 18.7 Å². The summed E-state index contributed by atoms with van der Waals surface area (Å²) in [5.74, 6) is 4.07. The molecular weight excluding hydrogens is 424 g/mol. The van der Waals surface area contributed by atoms with Crippen molar-refractivity contribution in [2.45, 2.75) is 49.6 Å². The summed E-state index contributed by atoms with van der Waals surface area (Å²) in [6, 6.07) is 11.9. The van der Waals surface area contributed by atoms with Crippen molar-refractivity contribution in [3.63, 3.8) is 0 Å². The highest BCUT2D eigenvalue weighted by molar-refractivity contribution is 7.98.